The number of carbonyl (C=O) groups is 2. The first-order valence-electron chi connectivity index (χ1n) is 9.62. The van der Waals surface area contributed by atoms with Crippen LogP contribution in [0.3, 0.4) is 0 Å². The van der Waals surface area contributed by atoms with Crippen molar-refractivity contribution in [3.63, 3.8) is 0 Å². The molecule has 0 fully saturated rings. The van der Waals surface area contributed by atoms with Crippen LogP contribution < -0.4 is 5.32 Å². The van der Waals surface area contributed by atoms with Gasteiger partial charge in [-0.3, -0.25) is 9.36 Å². The highest BCUT2D eigenvalue weighted by atomic mass is 35.5. The fourth-order valence-corrected chi connectivity index (χ4v) is 5.04. The maximum absolute atomic E-state index is 12.6. The Labute approximate surface area is 191 Å². The molecule has 0 saturated heterocycles. The maximum Gasteiger partial charge on any atom is 0.335 e. The molecular weight excluding hydrogens is 464 g/mol. The smallest absolute Gasteiger partial charge is 0.335 e. The molecule has 10 heteroatoms. The fourth-order valence-electron chi connectivity index (χ4n) is 2.86. The van der Waals surface area contributed by atoms with Crippen molar-refractivity contribution in [1.29, 1.82) is 0 Å². The SMILES string of the molecule is CCOP(=O)(Cc1ccc(C(=O)N[C@@H](Cc2ccc(Cl)cc2Cl)C(=O)O)cc1)OCC. The number of carbonyl (C=O) groups excluding carboxylic acids is 1. The Kier molecular flexibility index (Phi) is 9.54. The lowest BCUT2D eigenvalue weighted by Crippen LogP contribution is -2.42. The molecule has 0 aliphatic rings. The minimum atomic E-state index is -3.26. The van der Waals surface area contributed by atoms with Gasteiger partial charge in [0.1, 0.15) is 6.04 Å². The second-order valence-corrected chi connectivity index (χ2v) is 9.50. The summed E-state index contributed by atoms with van der Waals surface area (Å²) in [7, 11) is -3.26. The summed E-state index contributed by atoms with van der Waals surface area (Å²) >= 11 is 12.0. The molecule has 31 heavy (non-hydrogen) atoms. The number of amides is 1. The summed E-state index contributed by atoms with van der Waals surface area (Å²) < 4.78 is 23.2. The monoisotopic (exact) mass is 487 g/mol. The lowest BCUT2D eigenvalue weighted by atomic mass is 10.0. The molecule has 0 heterocycles. The Morgan fingerprint density at radius 1 is 1.06 bits per heavy atom. The second kappa shape index (κ2) is 11.7. The number of rotatable bonds is 11. The van der Waals surface area contributed by atoms with E-state index < -0.39 is 25.5 Å². The van der Waals surface area contributed by atoms with Gasteiger partial charge in [0.05, 0.1) is 19.4 Å². The molecular formula is C21H24Cl2NO6P. The summed E-state index contributed by atoms with van der Waals surface area (Å²) in [6.07, 6.45) is 0.0739. The standard InChI is InChI=1S/C21H24Cl2NO6P/c1-3-29-31(28,30-4-2)13-14-5-7-15(8-6-14)20(25)24-19(21(26)27)11-16-9-10-17(22)12-18(16)23/h5-10,12,19H,3-4,11,13H2,1-2H3,(H,24,25)(H,26,27)/t19-/m0/s1. The van der Waals surface area contributed by atoms with Crippen LogP contribution in [0.5, 0.6) is 0 Å². The Morgan fingerprint density at radius 2 is 1.68 bits per heavy atom. The van der Waals surface area contributed by atoms with Crippen LogP contribution in [-0.4, -0.2) is 36.2 Å². The molecule has 7 nitrogen and oxygen atoms in total. The number of hydrogen-bond donors (Lipinski definition) is 2. The first-order valence-corrected chi connectivity index (χ1v) is 12.1. The number of carboxylic acids is 1. The Hall–Kier alpha value is -1.89. The summed E-state index contributed by atoms with van der Waals surface area (Å²) in [5.74, 6) is -1.74. The van der Waals surface area contributed by atoms with Crippen LogP contribution in [-0.2, 0) is 31.0 Å². The molecule has 0 aliphatic heterocycles. The van der Waals surface area contributed by atoms with Crippen molar-refractivity contribution >= 4 is 42.7 Å². The van der Waals surface area contributed by atoms with E-state index in [9.17, 15) is 19.3 Å². The van der Waals surface area contributed by atoms with Gasteiger partial charge in [-0.1, -0.05) is 41.4 Å². The summed E-state index contributed by atoms with van der Waals surface area (Å²) in [5.41, 5.74) is 1.49. The zero-order valence-corrected chi connectivity index (χ0v) is 19.5. The molecule has 2 aromatic carbocycles. The lowest BCUT2D eigenvalue weighted by Gasteiger charge is -2.17. The number of hydrogen-bond acceptors (Lipinski definition) is 5. The van der Waals surface area contributed by atoms with Crippen LogP contribution in [0, 0.1) is 0 Å². The molecule has 2 N–H and O–H groups in total. The van der Waals surface area contributed by atoms with E-state index in [1.807, 2.05) is 0 Å². The van der Waals surface area contributed by atoms with Gasteiger partial charge in [0.15, 0.2) is 0 Å². The Morgan fingerprint density at radius 3 is 2.19 bits per heavy atom. The number of aliphatic carboxylic acids is 1. The van der Waals surface area contributed by atoms with E-state index in [-0.39, 0.29) is 31.4 Å². The first kappa shape index (κ1) is 25.4. The van der Waals surface area contributed by atoms with Crippen LogP contribution in [0.15, 0.2) is 42.5 Å². The molecule has 0 radical (unpaired) electrons. The molecule has 1 atom stereocenters. The molecule has 168 valence electrons. The summed E-state index contributed by atoms with van der Waals surface area (Å²) in [6.45, 7) is 3.97. The molecule has 2 aromatic rings. The minimum absolute atomic E-state index is 0.00105. The topological polar surface area (TPSA) is 102 Å². The van der Waals surface area contributed by atoms with E-state index in [4.69, 9.17) is 32.2 Å². The zero-order chi connectivity index (χ0) is 23.0. The van der Waals surface area contributed by atoms with Gasteiger partial charge in [-0.15, -0.1) is 0 Å². The van der Waals surface area contributed by atoms with Crippen molar-refractivity contribution in [2.45, 2.75) is 32.5 Å². The van der Waals surface area contributed by atoms with E-state index in [1.54, 1.807) is 38.1 Å². The fraction of sp³-hybridized carbons (Fsp3) is 0.333. The lowest BCUT2D eigenvalue weighted by molar-refractivity contribution is -0.139. The van der Waals surface area contributed by atoms with Crippen molar-refractivity contribution < 1.29 is 28.3 Å². The average Bonchev–Trinajstić information content (AvgIpc) is 2.69. The predicted molar refractivity (Wildman–Crippen MR) is 120 cm³/mol. The molecule has 0 aromatic heterocycles. The van der Waals surface area contributed by atoms with Gasteiger partial charge in [-0.2, -0.15) is 0 Å². The van der Waals surface area contributed by atoms with Gasteiger partial charge >= 0.3 is 13.6 Å². The maximum atomic E-state index is 12.6. The molecule has 0 unspecified atom stereocenters. The molecule has 0 aliphatic carbocycles. The molecule has 0 spiro atoms. The van der Waals surface area contributed by atoms with Crippen molar-refractivity contribution in [2.75, 3.05) is 13.2 Å². The average molecular weight is 488 g/mol. The minimum Gasteiger partial charge on any atom is -0.480 e. The quantitative estimate of drug-likeness (QED) is 0.423. The third kappa shape index (κ3) is 7.63. The normalized spacial score (nSPS) is 12.4. The molecule has 1 amide bonds. The zero-order valence-electron chi connectivity index (χ0n) is 17.1. The van der Waals surface area contributed by atoms with Gasteiger partial charge in [0.2, 0.25) is 0 Å². The molecule has 2 rings (SSSR count). The van der Waals surface area contributed by atoms with Crippen LogP contribution in [0.4, 0.5) is 0 Å². The van der Waals surface area contributed by atoms with Gasteiger partial charge in [-0.25, -0.2) is 4.79 Å². The van der Waals surface area contributed by atoms with Crippen molar-refractivity contribution in [1.82, 2.24) is 5.32 Å². The number of benzene rings is 2. The van der Waals surface area contributed by atoms with Crippen LogP contribution >= 0.6 is 30.8 Å². The summed E-state index contributed by atoms with van der Waals surface area (Å²) in [5, 5.41) is 12.8. The van der Waals surface area contributed by atoms with Crippen molar-refractivity contribution in [2.24, 2.45) is 0 Å². The van der Waals surface area contributed by atoms with E-state index in [2.05, 4.69) is 5.32 Å². The van der Waals surface area contributed by atoms with Crippen molar-refractivity contribution in [3.05, 3.63) is 69.2 Å². The first-order chi connectivity index (χ1) is 14.7. The highest BCUT2D eigenvalue weighted by Crippen LogP contribution is 2.51. The van der Waals surface area contributed by atoms with Gasteiger partial charge in [-0.05, 0) is 49.2 Å². The predicted octanol–water partition coefficient (Wildman–Crippen LogP) is 5.19. The Balaban J connectivity index is 2.09. The molecule has 0 bridgehead atoms. The Bertz CT molecular complexity index is 957. The highest BCUT2D eigenvalue weighted by Gasteiger charge is 2.25. The summed E-state index contributed by atoms with van der Waals surface area (Å²) in [4.78, 5) is 24.2. The number of carboxylic acid groups (broad SMARTS) is 1. The van der Waals surface area contributed by atoms with Gasteiger partial charge < -0.3 is 19.5 Å². The number of nitrogens with one attached hydrogen (secondary N) is 1. The van der Waals surface area contributed by atoms with E-state index in [1.165, 1.54) is 18.2 Å². The molecule has 0 saturated carbocycles. The van der Waals surface area contributed by atoms with Crippen LogP contribution in [0.25, 0.3) is 0 Å². The second-order valence-electron chi connectivity index (χ2n) is 6.61. The summed E-state index contributed by atoms with van der Waals surface area (Å²) in [6, 6.07) is 9.88. The third-order valence-electron chi connectivity index (χ3n) is 4.29. The van der Waals surface area contributed by atoms with E-state index >= 15 is 0 Å². The highest BCUT2D eigenvalue weighted by molar-refractivity contribution is 7.53. The van der Waals surface area contributed by atoms with Crippen LogP contribution in [0.2, 0.25) is 10.0 Å². The van der Waals surface area contributed by atoms with Crippen molar-refractivity contribution in [3.8, 4) is 0 Å². The number of halogens is 2. The van der Waals surface area contributed by atoms with Gasteiger partial charge in [0.25, 0.3) is 5.91 Å². The third-order valence-corrected chi connectivity index (χ3v) is 6.93. The van der Waals surface area contributed by atoms with E-state index in [0.717, 1.165) is 0 Å². The largest absolute Gasteiger partial charge is 0.480 e. The van der Waals surface area contributed by atoms with E-state index in [0.29, 0.717) is 21.2 Å². The van der Waals surface area contributed by atoms with Gasteiger partial charge in [0, 0.05) is 22.0 Å². The van der Waals surface area contributed by atoms with Crippen LogP contribution in [0.1, 0.15) is 35.3 Å².